The molecule has 3 aliphatic rings. The van der Waals surface area contributed by atoms with Crippen LogP contribution in [0.5, 0.6) is 0 Å². The molecule has 0 aliphatic heterocycles. The molecule has 0 aromatic heterocycles. The van der Waals surface area contributed by atoms with E-state index in [2.05, 4.69) is 24.3 Å². The van der Waals surface area contributed by atoms with Gasteiger partial charge >= 0.3 is 0 Å². The number of rotatable bonds is 0. The third kappa shape index (κ3) is 0.702. The first-order valence-corrected chi connectivity index (χ1v) is 4.78. The topological polar surface area (TPSA) is 0 Å². The number of hydrogen-bond donors (Lipinski definition) is 0. The molecule has 0 saturated heterocycles. The highest BCUT2D eigenvalue weighted by Gasteiger charge is 2.43. The summed E-state index contributed by atoms with van der Waals surface area (Å²) in [4.78, 5) is 0. The Balaban J connectivity index is 1.96. The van der Waals surface area contributed by atoms with Gasteiger partial charge in [-0.05, 0) is 42.9 Å². The summed E-state index contributed by atoms with van der Waals surface area (Å²) < 4.78 is 0. The third-order valence-electron chi connectivity index (χ3n) is 3.78. The number of fused-ring (bicyclic) bond motifs is 5. The molecule has 58 valence electrons. The average Bonchev–Trinajstić information content (AvgIpc) is 2.64. The van der Waals surface area contributed by atoms with Gasteiger partial charge in [0.05, 0.1) is 0 Å². The van der Waals surface area contributed by atoms with E-state index in [9.17, 15) is 0 Å². The van der Waals surface area contributed by atoms with Crippen LogP contribution in [0.25, 0.3) is 0 Å². The lowest BCUT2D eigenvalue weighted by Gasteiger charge is -2.28. The van der Waals surface area contributed by atoms with E-state index in [1.165, 1.54) is 19.3 Å². The van der Waals surface area contributed by atoms with Crippen molar-refractivity contribution in [3.8, 4) is 0 Å². The van der Waals surface area contributed by atoms with Gasteiger partial charge in [-0.2, -0.15) is 0 Å². The van der Waals surface area contributed by atoms with Crippen LogP contribution in [0, 0.1) is 23.7 Å². The van der Waals surface area contributed by atoms with Gasteiger partial charge in [-0.1, -0.05) is 24.3 Å². The molecule has 0 aromatic rings. The second-order valence-corrected chi connectivity index (χ2v) is 4.22. The largest absolute Gasteiger partial charge is 0.0882 e. The van der Waals surface area contributed by atoms with Gasteiger partial charge in [0.1, 0.15) is 0 Å². The summed E-state index contributed by atoms with van der Waals surface area (Å²) in [5, 5.41) is 0. The van der Waals surface area contributed by atoms with Crippen molar-refractivity contribution < 1.29 is 0 Å². The molecule has 0 spiro atoms. The lowest BCUT2D eigenvalue weighted by Crippen LogP contribution is -2.20. The maximum absolute atomic E-state index is 2.46. The monoisotopic (exact) mass is 146 g/mol. The molecular formula is C11H14. The summed E-state index contributed by atoms with van der Waals surface area (Å²) in [7, 11) is 0. The third-order valence-corrected chi connectivity index (χ3v) is 3.78. The first-order valence-electron chi connectivity index (χ1n) is 4.78. The quantitative estimate of drug-likeness (QED) is 0.461. The smallest absolute Gasteiger partial charge is 0.0193 e. The number of hydrogen-bond acceptors (Lipinski definition) is 0. The van der Waals surface area contributed by atoms with Crippen LogP contribution >= 0.6 is 0 Å². The van der Waals surface area contributed by atoms with Crippen LogP contribution in [0.1, 0.15) is 19.3 Å². The molecule has 3 aliphatic carbocycles. The Morgan fingerprint density at radius 1 is 0.818 bits per heavy atom. The summed E-state index contributed by atoms with van der Waals surface area (Å²) in [5.74, 6) is 3.95. The second-order valence-electron chi connectivity index (χ2n) is 4.22. The van der Waals surface area contributed by atoms with E-state index in [1.54, 1.807) is 0 Å². The van der Waals surface area contributed by atoms with Crippen molar-refractivity contribution in [1.82, 2.24) is 0 Å². The number of allylic oxidation sites excluding steroid dienone is 4. The van der Waals surface area contributed by atoms with Crippen molar-refractivity contribution >= 4 is 0 Å². The Labute approximate surface area is 68.0 Å². The van der Waals surface area contributed by atoms with E-state index in [0.717, 1.165) is 23.7 Å². The van der Waals surface area contributed by atoms with Gasteiger partial charge in [-0.15, -0.1) is 0 Å². The molecule has 0 aromatic carbocycles. The summed E-state index contributed by atoms with van der Waals surface area (Å²) in [6.07, 6.45) is 13.9. The molecule has 0 N–H and O–H groups in total. The van der Waals surface area contributed by atoms with E-state index < -0.39 is 0 Å². The molecule has 0 amide bonds. The maximum atomic E-state index is 2.46. The summed E-state index contributed by atoms with van der Waals surface area (Å²) >= 11 is 0. The molecule has 0 heterocycles. The molecule has 2 bridgehead atoms. The van der Waals surface area contributed by atoms with Crippen molar-refractivity contribution in [2.24, 2.45) is 23.7 Å². The first-order chi connectivity index (χ1) is 5.45. The fraction of sp³-hybridized carbons (Fsp3) is 0.636. The zero-order valence-corrected chi connectivity index (χ0v) is 6.74. The first kappa shape index (κ1) is 6.05. The van der Waals surface area contributed by atoms with E-state index >= 15 is 0 Å². The molecule has 3 rings (SSSR count). The Morgan fingerprint density at radius 3 is 1.91 bits per heavy atom. The van der Waals surface area contributed by atoms with Crippen LogP contribution in [0.15, 0.2) is 24.3 Å². The average molecular weight is 146 g/mol. The Hall–Kier alpha value is -0.520. The second kappa shape index (κ2) is 2.00. The van der Waals surface area contributed by atoms with Crippen molar-refractivity contribution in [1.29, 1.82) is 0 Å². The van der Waals surface area contributed by atoms with E-state index in [-0.39, 0.29) is 0 Å². The minimum atomic E-state index is 0.954. The van der Waals surface area contributed by atoms with Gasteiger partial charge in [0.2, 0.25) is 0 Å². The molecule has 4 unspecified atom stereocenters. The Bertz CT molecular complexity index is 202. The molecule has 11 heavy (non-hydrogen) atoms. The van der Waals surface area contributed by atoms with E-state index in [4.69, 9.17) is 0 Å². The highest BCUT2D eigenvalue weighted by atomic mass is 14.5. The van der Waals surface area contributed by atoms with E-state index in [1.807, 2.05) is 0 Å². The van der Waals surface area contributed by atoms with Crippen molar-refractivity contribution in [3.05, 3.63) is 24.3 Å². The zero-order chi connectivity index (χ0) is 7.26. The lowest BCUT2D eigenvalue weighted by atomic mass is 9.76. The van der Waals surface area contributed by atoms with Crippen LogP contribution in [-0.4, -0.2) is 0 Å². The lowest BCUT2D eigenvalue weighted by molar-refractivity contribution is 0.302. The molecule has 4 atom stereocenters. The molecule has 0 radical (unpaired) electrons. The predicted octanol–water partition coefficient (Wildman–Crippen LogP) is 2.77. The van der Waals surface area contributed by atoms with Crippen molar-refractivity contribution in [2.75, 3.05) is 0 Å². The van der Waals surface area contributed by atoms with Crippen LogP contribution in [0.2, 0.25) is 0 Å². The summed E-state index contributed by atoms with van der Waals surface area (Å²) in [5.41, 5.74) is 0. The standard InChI is InChI=1S/C11H14/c1-2-4-11-9-6-5-8(7-9)10(11)3-1/h1-2,5-6,8-11H,3-4,7H2. The van der Waals surface area contributed by atoms with E-state index in [0.29, 0.717) is 0 Å². The van der Waals surface area contributed by atoms with Crippen LogP contribution in [0.4, 0.5) is 0 Å². The molecule has 0 heteroatoms. The molecule has 0 nitrogen and oxygen atoms in total. The van der Waals surface area contributed by atoms with Crippen LogP contribution in [-0.2, 0) is 0 Å². The minimum Gasteiger partial charge on any atom is -0.0882 e. The fourth-order valence-corrected chi connectivity index (χ4v) is 3.23. The normalized spacial score (nSPS) is 51.6. The fourth-order valence-electron chi connectivity index (χ4n) is 3.23. The highest BCUT2D eigenvalue weighted by molar-refractivity contribution is 5.17. The van der Waals surface area contributed by atoms with Gasteiger partial charge in [0, 0.05) is 0 Å². The van der Waals surface area contributed by atoms with Crippen molar-refractivity contribution in [3.63, 3.8) is 0 Å². The van der Waals surface area contributed by atoms with Crippen LogP contribution < -0.4 is 0 Å². The van der Waals surface area contributed by atoms with Crippen molar-refractivity contribution in [2.45, 2.75) is 19.3 Å². The van der Waals surface area contributed by atoms with Gasteiger partial charge in [0.15, 0.2) is 0 Å². The molecular weight excluding hydrogens is 132 g/mol. The van der Waals surface area contributed by atoms with Gasteiger partial charge in [-0.3, -0.25) is 0 Å². The Kier molecular flexibility index (Phi) is 1.10. The highest BCUT2D eigenvalue weighted by Crippen LogP contribution is 2.52. The Morgan fingerprint density at radius 2 is 1.36 bits per heavy atom. The predicted molar refractivity (Wildman–Crippen MR) is 46.1 cm³/mol. The van der Waals surface area contributed by atoms with Gasteiger partial charge < -0.3 is 0 Å². The van der Waals surface area contributed by atoms with Gasteiger partial charge in [0.25, 0.3) is 0 Å². The maximum Gasteiger partial charge on any atom is -0.0193 e. The minimum absolute atomic E-state index is 0.954. The summed E-state index contributed by atoms with van der Waals surface area (Å²) in [6.45, 7) is 0. The zero-order valence-electron chi connectivity index (χ0n) is 6.74. The molecule has 1 saturated carbocycles. The van der Waals surface area contributed by atoms with Crippen LogP contribution in [0.3, 0.4) is 0 Å². The SMILES string of the molecule is C1=CCC2C3C=CC(C3)C2C1. The summed E-state index contributed by atoms with van der Waals surface area (Å²) in [6, 6.07) is 0. The molecule has 1 fully saturated rings. The van der Waals surface area contributed by atoms with Gasteiger partial charge in [-0.25, -0.2) is 0 Å².